The van der Waals surface area contributed by atoms with Crippen LogP contribution in [-0.2, 0) is 6.54 Å². The van der Waals surface area contributed by atoms with Crippen LogP contribution in [0.5, 0.6) is 5.75 Å². The third-order valence-corrected chi connectivity index (χ3v) is 3.83. The number of benzene rings is 2. The fourth-order valence-corrected chi connectivity index (χ4v) is 2.68. The Labute approximate surface area is 127 Å². The molecule has 2 nitrogen and oxygen atoms in total. The summed E-state index contributed by atoms with van der Waals surface area (Å²) in [4.78, 5) is 0.553. The lowest BCUT2D eigenvalue weighted by Crippen LogP contribution is -2.01. The van der Waals surface area contributed by atoms with E-state index in [2.05, 4.69) is 5.32 Å². The molecule has 0 radical (unpaired) electrons. The number of halogens is 2. The summed E-state index contributed by atoms with van der Waals surface area (Å²) in [5.41, 5.74) is 2.84. The van der Waals surface area contributed by atoms with Crippen molar-refractivity contribution in [3.05, 3.63) is 53.6 Å². The molecule has 0 aliphatic carbocycles. The van der Waals surface area contributed by atoms with Gasteiger partial charge < -0.3 is 10.1 Å². The van der Waals surface area contributed by atoms with Gasteiger partial charge in [-0.15, -0.1) is 0 Å². The number of thioether (sulfide) groups is 1. The second kappa shape index (κ2) is 7.31. The number of ether oxygens (including phenoxy) is 1. The van der Waals surface area contributed by atoms with Gasteiger partial charge in [-0.3, -0.25) is 0 Å². The van der Waals surface area contributed by atoms with Crippen molar-refractivity contribution in [1.82, 2.24) is 0 Å². The first-order chi connectivity index (χ1) is 10.1. The zero-order valence-electron chi connectivity index (χ0n) is 11.9. The molecule has 0 aliphatic rings. The Balaban J connectivity index is 2.08. The molecule has 2 rings (SSSR count). The van der Waals surface area contributed by atoms with E-state index in [1.54, 1.807) is 25.3 Å². The molecule has 0 saturated heterocycles. The van der Waals surface area contributed by atoms with Crippen LogP contribution in [0, 0.1) is 6.92 Å². The van der Waals surface area contributed by atoms with E-state index in [1.807, 2.05) is 31.2 Å². The molecule has 0 saturated carbocycles. The van der Waals surface area contributed by atoms with E-state index in [1.165, 1.54) is 0 Å². The van der Waals surface area contributed by atoms with Crippen molar-refractivity contribution >= 4 is 17.4 Å². The minimum absolute atomic E-state index is 0.553. The third kappa shape index (κ3) is 4.36. The van der Waals surface area contributed by atoms with Crippen LogP contribution in [0.4, 0.5) is 14.5 Å². The van der Waals surface area contributed by atoms with Gasteiger partial charge in [-0.1, -0.05) is 36.0 Å². The van der Waals surface area contributed by atoms with Crippen molar-refractivity contribution in [2.75, 3.05) is 12.4 Å². The maximum Gasteiger partial charge on any atom is 0.288 e. The molecule has 1 N–H and O–H groups in total. The molecule has 0 fully saturated rings. The largest absolute Gasteiger partial charge is 0.496 e. The number of alkyl halides is 2. The summed E-state index contributed by atoms with van der Waals surface area (Å²) in [6.45, 7) is 2.55. The summed E-state index contributed by atoms with van der Waals surface area (Å²) in [5.74, 6) is -1.58. The zero-order chi connectivity index (χ0) is 15.2. The number of nitrogens with one attached hydrogen (secondary N) is 1. The summed E-state index contributed by atoms with van der Waals surface area (Å²) in [7, 11) is 1.64. The van der Waals surface area contributed by atoms with Crippen molar-refractivity contribution in [2.24, 2.45) is 0 Å². The van der Waals surface area contributed by atoms with Crippen molar-refractivity contribution < 1.29 is 13.5 Å². The van der Waals surface area contributed by atoms with Crippen LogP contribution in [0.15, 0.2) is 47.4 Å². The molecule has 112 valence electrons. The van der Waals surface area contributed by atoms with Crippen LogP contribution >= 0.6 is 11.8 Å². The molecule has 0 heterocycles. The van der Waals surface area contributed by atoms with Crippen LogP contribution in [0.3, 0.4) is 0 Å². The quantitative estimate of drug-likeness (QED) is 0.764. The van der Waals surface area contributed by atoms with Crippen LogP contribution in [0.1, 0.15) is 11.1 Å². The average molecular weight is 309 g/mol. The normalized spacial score (nSPS) is 10.7. The lowest BCUT2D eigenvalue weighted by molar-refractivity contribution is 0.252. The number of rotatable bonds is 6. The number of hydrogen-bond donors (Lipinski definition) is 1. The number of methoxy groups -OCH3 is 1. The first kappa shape index (κ1) is 15.6. The van der Waals surface area contributed by atoms with Crippen molar-refractivity contribution in [1.29, 1.82) is 0 Å². The Morgan fingerprint density at radius 3 is 2.62 bits per heavy atom. The Hall–Kier alpha value is -1.75. The van der Waals surface area contributed by atoms with Gasteiger partial charge in [0.25, 0.3) is 5.76 Å². The van der Waals surface area contributed by atoms with Gasteiger partial charge in [0.1, 0.15) is 5.75 Å². The number of anilines is 1. The lowest BCUT2D eigenvalue weighted by Gasteiger charge is -2.12. The van der Waals surface area contributed by atoms with Crippen LogP contribution in [-0.4, -0.2) is 12.9 Å². The SMILES string of the molecule is COc1ccc(CNc2ccccc2SC(F)F)cc1C. The summed E-state index contributed by atoms with van der Waals surface area (Å²) in [6.07, 6.45) is 0. The summed E-state index contributed by atoms with van der Waals surface area (Å²) in [6, 6.07) is 13.0. The maximum atomic E-state index is 12.5. The van der Waals surface area contributed by atoms with Gasteiger partial charge in [0.15, 0.2) is 0 Å². The maximum absolute atomic E-state index is 12.5. The van der Waals surface area contributed by atoms with E-state index in [-0.39, 0.29) is 0 Å². The van der Waals surface area contributed by atoms with Crippen molar-refractivity contribution in [3.8, 4) is 5.75 Å². The number of aryl methyl sites for hydroxylation is 1. The Morgan fingerprint density at radius 1 is 1.19 bits per heavy atom. The first-order valence-corrected chi connectivity index (χ1v) is 7.39. The smallest absolute Gasteiger partial charge is 0.288 e. The van der Waals surface area contributed by atoms with E-state index in [0.29, 0.717) is 23.2 Å². The standard InChI is InChI=1S/C16H17F2NOS/c1-11-9-12(7-8-14(11)20-2)10-19-13-5-3-4-6-15(13)21-16(17)18/h3-9,16,19H,10H2,1-2H3. The van der Waals surface area contributed by atoms with E-state index < -0.39 is 5.76 Å². The second-order valence-corrected chi connectivity index (χ2v) is 5.56. The first-order valence-electron chi connectivity index (χ1n) is 6.51. The molecular formula is C16H17F2NOS. The fourth-order valence-electron chi connectivity index (χ4n) is 2.06. The molecule has 0 bridgehead atoms. The predicted molar refractivity (Wildman–Crippen MR) is 83.4 cm³/mol. The predicted octanol–water partition coefficient (Wildman–Crippen LogP) is 4.93. The molecule has 21 heavy (non-hydrogen) atoms. The van der Waals surface area contributed by atoms with E-state index in [4.69, 9.17) is 4.74 Å². The molecular weight excluding hydrogens is 292 g/mol. The molecule has 5 heteroatoms. The van der Waals surface area contributed by atoms with Gasteiger partial charge in [-0.05, 0) is 36.2 Å². The van der Waals surface area contributed by atoms with E-state index in [0.717, 1.165) is 22.6 Å². The highest BCUT2D eigenvalue weighted by atomic mass is 32.2. The highest BCUT2D eigenvalue weighted by Crippen LogP contribution is 2.32. The molecule has 0 amide bonds. The van der Waals surface area contributed by atoms with Crippen molar-refractivity contribution in [2.45, 2.75) is 24.1 Å². The Kier molecular flexibility index (Phi) is 5.44. The summed E-state index contributed by atoms with van der Waals surface area (Å²) < 4.78 is 30.3. The summed E-state index contributed by atoms with van der Waals surface area (Å²) in [5, 5.41) is 3.20. The average Bonchev–Trinajstić information content (AvgIpc) is 2.46. The molecule has 0 unspecified atom stereocenters. The number of para-hydroxylation sites is 1. The van der Waals surface area contributed by atoms with Gasteiger partial charge in [-0.25, -0.2) is 0 Å². The summed E-state index contributed by atoms with van der Waals surface area (Å²) >= 11 is 0.554. The molecule has 0 aromatic heterocycles. The third-order valence-electron chi connectivity index (χ3n) is 3.05. The molecule has 0 aliphatic heterocycles. The van der Waals surface area contributed by atoms with Gasteiger partial charge in [-0.2, -0.15) is 8.78 Å². The topological polar surface area (TPSA) is 21.3 Å². The van der Waals surface area contributed by atoms with Crippen molar-refractivity contribution in [3.63, 3.8) is 0 Å². The minimum atomic E-state index is -2.42. The Morgan fingerprint density at radius 2 is 1.95 bits per heavy atom. The van der Waals surface area contributed by atoms with Gasteiger partial charge in [0, 0.05) is 17.1 Å². The Bertz CT molecular complexity index is 605. The van der Waals surface area contributed by atoms with Gasteiger partial charge in [0.05, 0.1) is 7.11 Å². The van der Waals surface area contributed by atoms with Gasteiger partial charge in [0.2, 0.25) is 0 Å². The second-order valence-electron chi connectivity index (χ2n) is 4.53. The van der Waals surface area contributed by atoms with Crippen LogP contribution < -0.4 is 10.1 Å². The zero-order valence-corrected chi connectivity index (χ0v) is 12.7. The molecule has 2 aromatic carbocycles. The fraction of sp³-hybridized carbons (Fsp3) is 0.250. The number of hydrogen-bond acceptors (Lipinski definition) is 3. The molecule has 0 spiro atoms. The highest BCUT2D eigenvalue weighted by molar-refractivity contribution is 7.99. The van der Waals surface area contributed by atoms with Crippen LogP contribution in [0.25, 0.3) is 0 Å². The van der Waals surface area contributed by atoms with E-state index in [9.17, 15) is 8.78 Å². The van der Waals surface area contributed by atoms with E-state index >= 15 is 0 Å². The molecule has 0 atom stereocenters. The monoisotopic (exact) mass is 309 g/mol. The van der Waals surface area contributed by atoms with Gasteiger partial charge >= 0.3 is 0 Å². The minimum Gasteiger partial charge on any atom is -0.496 e. The van der Waals surface area contributed by atoms with Crippen LogP contribution in [0.2, 0.25) is 0 Å². The molecule has 2 aromatic rings. The highest BCUT2D eigenvalue weighted by Gasteiger charge is 2.09. The lowest BCUT2D eigenvalue weighted by atomic mass is 10.1.